The lowest BCUT2D eigenvalue weighted by atomic mass is 10.1. The second-order valence-corrected chi connectivity index (χ2v) is 5.22. The van der Waals surface area contributed by atoms with Gasteiger partial charge in [-0.15, -0.1) is 0 Å². The highest BCUT2D eigenvalue weighted by atomic mass is 16.3. The topological polar surface area (TPSA) is 58.0 Å². The number of nitrogens with one attached hydrogen (secondary N) is 1. The van der Waals surface area contributed by atoms with Crippen molar-refractivity contribution in [3.05, 3.63) is 66.0 Å². The van der Waals surface area contributed by atoms with E-state index in [0.717, 1.165) is 22.8 Å². The van der Waals surface area contributed by atoms with E-state index in [2.05, 4.69) is 46.5 Å². The lowest BCUT2D eigenvalue weighted by Crippen LogP contribution is -1.98. The first kappa shape index (κ1) is 14.1. The Morgan fingerprint density at radius 1 is 0.864 bits per heavy atom. The zero-order valence-electron chi connectivity index (χ0n) is 12.5. The van der Waals surface area contributed by atoms with Crippen LogP contribution in [0.1, 0.15) is 11.4 Å². The highest BCUT2D eigenvalue weighted by Gasteiger charge is 2.05. The summed E-state index contributed by atoms with van der Waals surface area (Å²) in [6, 6.07) is 17.1. The van der Waals surface area contributed by atoms with Gasteiger partial charge in [-0.1, -0.05) is 29.8 Å². The van der Waals surface area contributed by atoms with Crippen molar-refractivity contribution in [2.24, 2.45) is 0 Å². The number of phenols is 1. The number of hydrogen-bond donors (Lipinski definition) is 2. The summed E-state index contributed by atoms with van der Waals surface area (Å²) in [5, 5.41) is 12.6. The van der Waals surface area contributed by atoms with Gasteiger partial charge in [-0.3, -0.25) is 0 Å². The lowest BCUT2D eigenvalue weighted by molar-refractivity contribution is 0.475. The average Bonchev–Trinajstić information content (AvgIpc) is 2.50. The Hall–Kier alpha value is -2.88. The van der Waals surface area contributed by atoms with Gasteiger partial charge in [0, 0.05) is 17.3 Å². The van der Waals surface area contributed by atoms with Crippen molar-refractivity contribution in [2.75, 3.05) is 5.32 Å². The Morgan fingerprint density at radius 3 is 2.23 bits per heavy atom. The summed E-state index contributed by atoms with van der Waals surface area (Å²) in [5.74, 6) is 1.68. The fourth-order valence-corrected chi connectivity index (χ4v) is 2.20. The summed E-state index contributed by atoms with van der Waals surface area (Å²) in [6.07, 6.45) is 0. The van der Waals surface area contributed by atoms with Crippen LogP contribution in [-0.4, -0.2) is 15.1 Å². The minimum Gasteiger partial charge on any atom is -0.508 e. The molecular weight excluding hydrogens is 274 g/mol. The Balaban J connectivity index is 1.92. The van der Waals surface area contributed by atoms with E-state index in [1.54, 1.807) is 24.3 Å². The first-order chi connectivity index (χ1) is 10.6. The highest BCUT2D eigenvalue weighted by Crippen LogP contribution is 2.23. The third kappa shape index (κ3) is 3.23. The monoisotopic (exact) mass is 291 g/mol. The molecule has 1 heterocycles. The summed E-state index contributed by atoms with van der Waals surface area (Å²) < 4.78 is 0. The zero-order valence-corrected chi connectivity index (χ0v) is 12.5. The number of hydrogen-bond acceptors (Lipinski definition) is 4. The standard InChI is InChI=1S/C18H17N3O/c1-12-3-5-14(6-4-12)17-11-18(20-13(2)19-17)21-15-7-9-16(22)10-8-15/h3-11,22H,1-2H3,(H,19,20,21). The van der Waals surface area contributed by atoms with E-state index in [-0.39, 0.29) is 5.75 Å². The molecule has 2 N–H and O–H groups in total. The van der Waals surface area contributed by atoms with Gasteiger partial charge >= 0.3 is 0 Å². The smallest absolute Gasteiger partial charge is 0.134 e. The highest BCUT2D eigenvalue weighted by molar-refractivity contribution is 5.66. The van der Waals surface area contributed by atoms with Crippen molar-refractivity contribution in [3.63, 3.8) is 0 Å². The van der Waals surface area contributed by atoms with Crippen molar-refractivity contribution in [1.82, 2.24) is 9.97 Å². The van der Waals surface area contributed by atoms with Gasteiger partial charge in [-0.2, -0.15) is 0 Å². The first-order valence-electron chi connectivity index (χ1n) is 7.09. The normalized spacial score (nSPS) is 10.5. The van der Waals surface area contributed by atoms with Gasteiger partial charge in [-0.05, 0) is 38.1 Å². The van der Waals surface area contributed by atoms with E-state index < -0.39 is 0 Å². The zero-order chi connectivity index (χ0) is 15.5. The van der Waals surface area contributed by atoms with Crippen LogP contribution in [0.5, 0.6) is 5.75 Å². The molecule has 1 aromatic heterocycles. The van der Waals surface area contributed by atoms with Gasteiger partial charge < -0.3 is 10.4 Å². The van der Waals surface area contributed by atoms with Crippen LogP contribution in [0.3, 0.4) is 0 Å². The molecule has 2 aromatic carbocycles. The van der Waals surface area contributed by atoms with Crippen molar-refractivity contribution < 1.29 is 5.11 Å². The van der Waals surface area contributed by atoms with Gasteiger partial charge in [0.2, 0.25) is 0 Å². The van der Waals surface area contributed by atoms with E-state index in [1.165, 1.54) is 5.56 Å². The molecule has 0 aliphatic carbocycles. The maximum Gasteiger partial charge on any atom is 0.134 e. The van der Waals surface area contributed by atoms with Crippen LogP contribution in [0, 0.1) is 13.8 Å². The number of anilines is 2. The minimum absolute atomic E-state index is 0.241. The summed E-state index contributed by atoms with van der Waals surface area (Å²) >= 11 is 0. The molecule has 0 aliphatic heterocycles. The number of benzene rings is 2. The molecule has 0 fully saturated rings. The lowest BCUT2D eigenvalue weighted by Gasteiger charge is -2.09. The predicted octanol–water partition coefficient (Wildman–Crippen LogP) is 4.21. The summed E-state index contributed by atoms with van der Waals surface area (Å²) in [7, 11) is 0. The predicted molar refractivity (Wildman–Crippen MR) is 88.3 cm³/mol. The molecule has 0 aliphatic rings. The number of rotatable bonds is 3. The van der Waals surface area contributed by atoms with Gasteiger partial charge in [0.25, 0.3) is 0 Å². The Bertz CT molecular complexity index is 780. The molecule has 110 valence electrons. The van der Waals surface area contributed by atoms with Crippen molar-refractivity contribution >= 4 is 11.5 Å². The van der Waals surface area contributed by atoms with Crippen molar-refractivity contribution in [2.45, 2.75) is 13.8 Å². The Morgan fingerprint density at radius 2 is 1.55 bits per heavy atom. The van der Waals surface area contributed by atoms with Gasteiger partial charge in [-0.25, -0.2) is 9.97 Å². The van der Waals surface area contributed by atoms with Crippen LogP contribution in [-0.2, 0) is 0 Å². The van der Waals surface area contributed by atoms with E-state index >= 15 is 0 Å². The van der Waals surface area contributed by atoms with E-state index in [0.29, 0.717) is 5.82 Å². The molecule has 0 amide bonds. The number of aromatic nitrogens is 2. The molecule has 4 heteroatoms. The molecule has 0 spiro atoms. The molecule has 0 saturated heterocycles. The largest absolute Gasteiger partial charge is 0.508 e. The minimum atomic E-state index is 0.241. The number of nitrogens with zero attached hydrogens (tertiary/aromatic N) is 2. The second kappa shape index (κ2) is 5.85. The van der Waals surface area contributed by atoms with Crippen LogP contribution in [0.25, 0.3) is 11.3 Å². The quantitative estimate of drug-likeness (QED) is 0.710. The second-order valence-electron chi connectivity index (χ2n) is 5.22. The fraction of sp³-hybridized carbons (Fsp3) is 0.111. The van der Waals surface area contributed by atoms with Gasteiger partial charge in [0.05, 0.1) is 5.69 Å². The summed E-state index contributed by atoms with van der Waals surface area (Å²) in [4.78, 5) is 8.91. The number of aromatic hydroxyl groups is 1. The van der Waals surface area contributed by atoms with Crippen LogP contribution >= 0.6 is 0 Å². The molecule has 3 rings (SSSR count). The van der Waals surface area contributed by atoms with Crippen LogP contribution in [0.4, 0.5) is 11.5 Å². The van der Waals surface area contributed by atoms with E-state index in [4.69, 9.17) is 0 Å². The Kier molecular flexibility index (Phi) is 3.74. The first-order valence-corrected chi connectivity index (χ1v) is 7.09. The molecule has 22 heavy (non-hydrogen) atoms. The maximum absolute atomic E-state index is 9.33. The van der Waals surface area contributed by atoms with E-state index in [9.17, 15) is 5.11 Å². The number of aryl methyl sites for hydroxylation is 2. The van der Waals surface area contributed by atoms with Crippen molar-refractivity contribution in [1.29, 1.82) is 0 Å². The molecule has 0 bridgehead atoms. The molecule has 0 atom stereocenters. The van der Waals surface area contributed by atoms with E-state index in [1.807, 2.05) is 13.0 Å². The van der Waals surface area contributed by atoms with Crippen LogP contribution < -0.4 is 5.32 Å². The third-order valence-corrected chi connectivity index (χ3v) is 3.32. The van der Waals surface area contributed by atoms with Gasteiger partial charge in [0.15, 0.2) is 0 Å². The fourth-order valence-electron chi connectivity index (χ4n) is 2.20. The SMILES string of the molecule is Cc1ccc(-c2cc(Nc3ccc(O)cc3)nc(C)n2)cc1. The molecule has 0 radical (unpaired) electrons. The molecular formula is C18H17N3O. The molecule has 3 aromatic rings. The van der Waals surface area contributed by atoms with Crippen LogP contribution in [0.15, 0.2) is 54.6 Å². The Labute approximate surface area is 129 Å². The summed E-state index contributed by atoms with van der Waals surface area (Å²) in [5.41, 5.74) is 4.03. The van der Waals surface area contributed by atoms with Crippen molar-refractivity contribution in [3.8, 4) is 17.0 Å². The van der Waals surface area contributed by atoms with Crippen LogP contribution in [0.2, 0.25) is 0 Å². The maximum atomic E-state index is 9.33. The summed E-state index contributed by atoms with van der Waals surface area (Å²) in [6.45, 7) is 3.94. The number of phenolic OH excluding ortho intramolecular Hbond substituents is 1. The third-order valence-electron chi connectivity index (χ3n) is 3.32. The molecule has 0 saturated carbocycles. The molecule has 0 unspecified atom stereocenters. The molecule has 4 nitrogen and oxygen atoms in total. The average molecular weight is 291 g/mol. The van der Waals surface area contributed by atoms with Gasteiger partial charge in [0.1, 0.15) is 17.4 Å².